The summed E-state index contributed by atoms with van der Waals surface area (Å²) in [5.41, 5.74) is -0.111. The Kier molecular flexibility index (Phi) is 4.62. The molecule has 0 amide bonds. The van der Waals surface area contributed by atoms with Crippen molar-refractivity contribution < 1.29 is 13.2 Å². The van der Waals surface area contributed by atoms with Crippen LogP contribution in [0.3, 0.4) is 0 Å². The van der Waals surface area contributed by atoms with Gasteiger partial charge in [-0.2, -0.15) is 18.3 Å². The molecule has 2 aromatic rings. The molecule has 114 valence electrons. The van der Waals surface area contributed by atoms with Crippen molar-refractivity contribution in [2.45, 2.75) is 39.2 Å². The van der Waals surface area contributed by atoms with Crippen LogP contribution >= 0.6 is 0 Å². The van der Waals surface area contributed by atoms with Crippen LogP contribution in [-0.4, -0.2) is 20.8 Å². The number of alkyl halides is 3. The monoisotopic (exact) mass is 298 g/mol. The Morgan fingerprint density at radius 1 is 1.29 bits per heavy atom. The molecule has 0 saturated carbocycles. The molecular weight excluding hydrogens is 281 g/mol. The van der Waals surface area contributed by atoms with Crippen molar-refractivity contribution in [1.29, 1.82) is 0 Å². The summed E-state index contributed by atoms with van der Waals surface area (Å²) in [6, 6.07) is 5.55. The largest absolute Gasteiger partial charge is 0.416 e. The van der Waals surface area contributed by atoms with E-state index >= 15 is 0 Å². The van der Waals surface area contributed by atoms with Crippen LogP contribution in [0.1, 0.15) is 30.8 Å². The fraction of sp³-hybridized carbons (Fsp3) is 0.429. The Labute approximate surface area is 121 Å². The maximum absolute atomic E-state index is 12.6. The van der Waals surface area contributed by atoms with Crippen molar-refractivity contribution >= 4 is 0 Å². The quantitative estimate of drug-likeness (QED) is 0.923. The average Bonchev–Trinajstić information content (AvgIpc) is 2.83. The topological polar surface area (TPSA) is 42.7 Å². The van der Waals surface area contributed by atoms with Crippen molar-refractivity contribution in [2.24, 2.45) is 0 Å². The molecule has 0 atom stereocenters. The third-order valence-corrected chi connectivity index (χ3v) is 2.85. The first-order valence-electron chi connectivity index (χ1n) is 6.62. The van der Waals surface area contributed by atoms with Crippen molar-refractivity contribution in [3.05, 3.63) is 47.5 Å². The fourth-order valence-electron chi connectivity index (χ4n) is 1.82. The lowest BCUT2D eigenvalue weighted by Crippen LogP contribution is -2.22. The van der Waals surface area contributed by atoms with Gasteiger partial charge in [-0.05, 0) is 17.7 Å². The summed E-state index contributed by atoms with van der Waals surface area (Å²) in [5, 5.41) is 7.41. The zero-order valence-corrected chi connectivity index (χ0v) is 11.9. The molecule has 1 aromatic heterocycles. The Bertz CT molecular complexity index is 590. The molecule has 1 aromatic carbocycles. The second-order valence-corrected chi connectivity index (χ2v) is 5.09. The molecule has 0 aliphatic heterocycles. The van der Waals surface area contributed by atoms with Crippen LogP contribution in [0.2, 0.25) is 0 Å². The smallest absolute Gasteiger partial charge is 0.308 e. The van der Waals surface area contributed by atoms with E-state index in [4.69, 9.17) is 0 Å². The minimum absolute atomic E-state index is 0.262. The average molecular weight is 298 g/mol. The molecule has 1 N–H and O–H groups in total. The van der Waals surface area contributed by atoms with Crippen LogP contribution in [0.25, 0.3) is 0 Å². The van der Waals surface area contributed by atoms with Crippen LogP contribution in [0, 0.1) is 0 Å². The number of hydrogen-bond donors (Lipinski definition) is 1. The number of rotatable bonds is 5. The summed E-state index contributed by atoms with van der Waals surface area (Å²) >= 11 is 0. The summed E-state index contributed by atoms with van der Waals surface area (Å²) in [6.07, 6.45) is -2.80. The number of halogens is 3. The first-order chi connectivity index (χ1) is 9.84. The number of nitrogens with zero attached hydrogens (tertiary/aromatic N) is 3. The van der Waals surface area contributed by atoms with Gasteiger partial charge in [-0.1, -0.05) is 26.0 Å². The van der Waals surface area contributed by atoms with Gasteiger partial charge >= 0.3 is 6.18 Å². The van der Waals surface area contributed by atoms with E-state index in [1.54, 1.807) is 6.07 Å². The highest BCUT2D eigenvalue weighted by molar-refractivity contribution is 5.25. The Balaban J connectivity index is 2.05. The van der Waals surface area contributed by atoms with E-state index < -0.39 is 11.7 Å². The van der Waals surface area contributed by atoms with E-state index in [1.807, 2.05) is 13.8 Å². The minimum Gasteiger partial charge on any atom is -0.308 e. The van der Waals surface area contributed by atoms with E-state index in [1.165, 1.54) is 17.1 Å². The van der Waals surface area contributed by atoms with Crippen LogP contribution in [-0.2, 0) is 19.3 Å². The molecular formula is C14H17F3N4. The first-order valence-corrected chi connectivity index (χ1v) is 6.62. The molecule has 0 bridgehead atoms. The van der Waals surface area contributed by atoms with Gasteiger partial charge < -0.3 is 5.32 Å². The van der Waals surface area contributed by atoms with Crippen LogP contribution in [0.4, 0.5) is 13.2 Å². The summed E-state index contributed by atoms with van der Waals surface area (Å²) in [7, 11) is 0. The fourth-order valence-corrected chi connectivity index (χ4v) is 1.82. The molecule has 7 heteroatoms. The second-order valence-electron chi connectivity index (χ2n) is 5.09. The van der Waals surface area contributed by atoms with Crippen molar-refractivity contribution in [3.8, 4) is 0 Å². The van der Waals surface area contributed by atoms with E-state index in [0.29, 0.717) is 24.0 Å². The van der Waals surface area contributed by atoms with E-state index in [2.05, 4.69) is 15.4 Å². The molecule has 0 radical (unpaired) electrons. The molecule has 0 aliphatic rings. The highest BCUT2D eigenvalue weighted by Crippen LogP contribution is 2.29. The van der Waals surface area contributed by atoms with Gasteiger partial charge in [0.05, 0.1) is 18.7 Å². The molecule has 0 saturated heterocycles. The summed E-state index contributed by atoms with van der Waals surface area (Å²) < 4.78 is 39.5. The predicted octanol–water partition coefficient (Wildman–Crippen LogP) is 2.84. The molecule has 0 spiro atoms. The molecule has 21 heavy (non-hydrogen) atoms. The van der Waals surface area contributed by atoms with Crippen LogP contribution in [0.15, 0.2) is 30.6 Å². The summed E-state index contributed by atoms with van der Waals surface area (Å²) in [6.45, 7) is 4.82. The van der Waals surface area contributed by atoms with Crippen LogP contribution in [0.5, 0.6) is 0 Å². The lowest BCUT2D eigenvalue weighted by molar-refractivity contribution is -0.137. The van der Waals surface area contributed by atoms with Gasteiger partial charge in [0.15, 0.2) is 5.82 Å². The van der Waals surface area contributed by atoms with Gasteiger partial charge in [-0.3, -0.25) is 0 Å². The molecule has 2 rings (SSSR count). The molecule has 4 nitrogen and oxygen atoms in total. The molecule has 0 aliphatic carbocycles. The van der Waals surface area contributed by atoms with Gasteiger partial charge in [-0.25, -0.2) is 9.67 Å². The first kappa shape index (κ1) is 15.5. The highest BCUT2D eigenvalue weighted by atomic mass is 19.4. The van der Waals surface area contributed by atoms with Crippen molar-refractivity contribution in [2.75, 3.05) is 0 Å². The van der Waals surface area contributed by atoms with Gasteiger partial charge in [0.2, 0.25) is 0 Å². The van der Waals surface area contributed by atoms with E-state index in [-0.39, 0.29) is 6.54 Å². The number of benzene rings is 1. The lowest BCUT2D eigenvalue weighted by Gasteiger charge is -2.08. The third kappa shape index (κ3) is 4.56. The Morgan fingerprint density at radius 2 is 2.05 bits per heavy atom. The maximum Gasteiger partial charge on any atom is 0.416 e. The van der Waals surface area contributed by atoms with E-state index in [0.717, 1.165) is 12.1 Å². The maximum atomic E-state index is 12.6. The SMILES string of the molecule is CC(C)NCc1ncn(Cc2cccc(C(F)(F)F)c2)n1. The number of aromatic nitrogens is 3. The van der Waals surface area contributed by atoms with Gasteiger partial charge in [-0.15, -0.1) is 0 Å². The third-order valence-electron chi connectivity index (χ3n) is 2.85. The van der Waals surface area contributed by atoms with E-state index in [9.17, 15) is 13.2 Å². The molecule has 0 fully saturated rings. The molecule has 1 heterocycles. The number of hydrogen-bond acceptors (Lipinski definition) is 3. The lowest BCUT2D eigenvalue weighted by atomic mass is 10.1. The zero-order chi connectivity index (χ0) is 15.5. The molecule has 0 unspecified atom stereocenters. The minimum atomic E-state index is -4.33. The number of nitrogens with one attached hydrogen (secondary N) is 1. The van der Waals surface area contributed by atoms with Gasteiger partial charge in [0, 0.05) is 6.04 Å². The second kappa shape index (κ2) is 6.26. The van der Waals surface area contributed by atoms with Crippen molar-refractivity contribution in [3.63, 3.8) is 0 Å². The van der Waals surface area contributed by atoms with Gasteiger partial charge in [0.25, 0.3) is 0 Å². The zero-order valence-electron chi connectivity index (χ0n) is 11.9. The predicted molar refractivity (Wildman–Crippen MR) is 72.5 cm³/mol. The van der Waals surface area contributed by atoms with Crippen molar-refractivity contribution in [1.82, 2.24) is 20.1 Å². The highest BCUT2D eigenvalue weighted by Gasteiger charge is 2.30. The normalized spacial score (nSPS) is 12.1. The Hall–Kier alpha value is -1.89. The summed E-state index contributed by atoms with van der Waals surface area (Å²) in [5.74, 6) is 0.621. The van der Waals surface area contributed by atoms with Crippen LogP contribution < -0.4 is 5.32 Å². The van der Waals surface area contributed by atoms with Gasteiger partial charge in [0.1, 0.15) is 6.33 Å². The Morgan fingerprint density at radius 3 is 2.71 bits per heavy atom. The summed E-state index contributed by atoms with van der Waals surface area (Å²) in [4.78, 5) is 4.12. The standard InChI is InChI=1S/C14H17F3N4/c1-10(2)18-7-13-19-9-21(20-13)8-11-4-3-5-12(6-11)14(15,16)17/h3-6,9-10,18H,7-8H2,1-2H3.